The number of fused-ring (bicyclic) bond motifs is 2. The molecule has 6 heteroatoms. The maximum Gasteiger partial charge on any atom is 0.273 e. The molecule has 3 aromatic heterocycles. The predicted molar refractivity (Wildman–Crippen MR) is 97.7 cm³/mol. The Kier molecular flexibility index (Phi) is 3.41. The van der Waals surface area contributed by atoms with Gasteiger partial charge in [-0.15, -0.1) is 10.2 Å². The van der Waals surface area contributed by atoms with Gasteiger partial charge in [-0.05, 0) is 37.1 Å². The summed E-state index contributed by atoms with van der Waals surface area (Å²) in [4.78, 5) is 19.6. The van der Waals surface area contributed by atoms with Gasteiger partial charge < -0.3 is 4.90 Å². The van der Waals surface area contributed by atoms with Gasteiger partial charge in [0, 0.05) is 18.1 Å². The Balaban J connectivity index is 1.52. The zero-order chi connectivity index (χ0) is 17.5. The molecule has 0 aliphatic carbocycles. The normalized spacial score (nSPS) is 17.2. The van der Waals surface area contributed by atoms with E-state index in [1.165, 1.54) is 0 Å². The summed E-state index contributed by atoms with van der Waals surface area (Å²) in [6.07, 6.45) is 3.78. The maximum atomic E-state index is 13.1. The molecular weight excluding hydrogens is 326 g/mol. The van der Waals surface area contributed by atoms with Gasteiger partial charge in [0.2, 0.25) is 0 Å². The van der Waals surface area contributed by atoms with Crippen molar-refractivity contribution in [3.05, 3.63) is 72.3 Å². The molecule has 1 fully saturated rings. The largest absolute Gasteiger partial charge is 0.327 e. The number of carbonyl (C=O) groups is 1. The Morgan fingerprint density at radius 1 is 1.00 bits per heavy atom. The van der Waals surface area contributed by atoms with Gasteiger partial charge in [0.1, 0.15) is 5.69 Å². The molecule has 1 aliphatic heterocycles. The molecule has 1 aliphatic rings. The molecule has 0 spiro atoms. The highest BCUT2D eigenvalue weighted by atomic mass is 16.2. The van der Waals surface area contributed by atoms with Crippen LogP contribution in [0, 0.1) is 0 Å². The van der Waals surface area contributed by atoms with Crippen molar-refractivity contribution in [1.29, 1.82) is 0 Å². The Bertz CT molecular complexity index is 1120. The average molecular weight is 343 g/mol. The minimum absolute atomic E-state index is 0.0501. The third kappa shape index (κ3) is 2.34. The summed E-state index contributed by atoms with van der Waals surface area (Å²) in [5.74, 6) is 0.762. The van der Waals surface area contributed by atoms with Gasteiger partial charge in [0.15, 0.2) is 11.5 Å². The molecule has 1 amide bonds. The third-order valence-electron chi connectivity index (χ3n) is 4.97. The summed E-state index contributed by atoms with van der Waals surface area (Å²) in [5.41, 5.74) is 2.11. The fourth-order valence-corrected chi connectivity index (χ4v) is 3.70. The van der Waals surface area contributed by atoms with Crippen LogP contribution in [0.1, 0.15) is 35.2 Å². The molecule has 0 N–H and O–H groups in total. The van der Waals surface area contributed by atoms with E-state index in [1.54, 1.807) is 0 Å². The summed E-state index contributed by atoms with van der Waals surface area (Å²) in [5, 5.41) is 9.62. The van der Waals surface area contributed by atoms with E-state index in [0.29, 0.717) is 12.2 Å². The zero-order valence-electron chi connectivity index (χ0n) is 14.1. The predicted octanol–water partition coefficient (Wildman–Crippen LogP) is 3.25. The number of hydrogen-bond acceptors (Lipinski definition) is 4. The number of carbonyl (C=O) groups excluding carboxylic acids is 1. The number of benzene rings is 1. The van der Waals surface area contributed by atoms with Crippen LogP contribution in [0.3, 0.4) is 0 Å². The smallest absolute Gasteiger partial charge is 0.273 e. The van der Waals surface area contributed by atoms with Crippen LogP contribution in [0.5, 0.6) is 0 Å². The number of hydrogen-bond donors (Lipinski definition) is 0. The molecule has 0 radical (unpaired) electrons. The van der Waals surface area contributed by atoms with Crippen molar-refractivity contribution < 1.29 is 4.79 Å². The Labute approximate surface area is 150 Å². The molecular formula is C20H17N5O. The van der Waals surface area contributed by atoms with Gasteiger partial charge in [-0.3, -0.25) is 9.20 Å². The fraction of sp³-hybridized carbons (Fsp3) is 0.200. The summed E-state index contributed by atoms with van der Waals surface area (Å²) in [6.45, 7) is 0.708. The van der Waals surface area contributed by atoms with Crippen molar-refractivity contribution in [3.63, 3.8) is 0 Å². The second kappa shape index (κ2) is 5.91. The maximum absolute atomic E-state index is 13.1. The summed E-state index contributed by atoms with van der Waals surface area (Å²) >= 11 is 0. The van der Waals surface area contributed by atoms with Gasteiger partial charge >= 0.3 is 0 Å². The second-order valence-corrected chi connectivity index (χ2v) is 6.53. The highest BCUT2D eigenvalue weighted by Crippen LogP contribution is 2.32. The number of amides is 1. The lowest BCUT2D eigenvalue weighted by atomic mass is 10.1. The summed E-state index contributed by atoms with van der Waals surface area (Å²) in [6, 6.07) is 17.3. The quantitative estimate of drug-likeness (QED) is 0.560. The molecule has 0 bridgehead atoms. The van der Waals surface area contributed by atoms with Crippen LogP contribution >= 0.6 is 0 Å². The molecule has 26 heavy (non-hydrogen) atoms. The molecule has 128 valence electrons. The molecule has 0 saturated carbocycles. The molecule has 4 aromatic rings. The van der Waals surface area contributed by atoms with Crippen LogP contribution in [0.2, 0.25) is 0 Å². The van der Waals surface area contributed by atoms with Crippen molar-refractivity contribution in [2.75, 3.05) is 6.54 Å². The van der Waals surface area contributed by atoms with Crippen LogP contribution in [0.4, 0.5) is 0 Å². The van der Waals surface area contributed by atoms with E-state index in [2.05, 4.69) is 15.2 Å². The monoisotopic (exact) mass is 343 g/mol. The fourth-order valence-electron chi connectivity index (χ4n) is 3.70. The van der Waals surface area contributed by atoms with E-state index in [4.69, 9.17) is 0 Å². The van der Waals surface area contributed by atoms with Gasteiger partial charge in [-0.25, -0.2) is 4.98 Å². The molecule has 5 rings (SSSR count). The van der Waals surface area contributed by atoms with Gasteiger partial charge in [-0.1, -0.05) is 30.3 Å². The molecule has 1 atom stereocenters. The SMILES string of the molecule is O=C(c1ccc2ccccc2n1)N1CCC[C@H]1c1nnc2ccccn12. The summed E-state index contributed by atoms with van der Waals surface area (Å²) in [7, 11) is 0. The van der Waals surface area contributed by atoms with E-state index in [9.17, 15) is 4.79 Å². The first-order valence-electron chi connectivity index (χ1n) is 8.78. The third-order valence-corrected chi connectivity index (χ3v) is 4.97. The molecule has 1 saturated heterocycles. The Morgan fingerprint density at radius 2 is 1.88 bits per heavy atom. The lowest BCUT2D eigenvalue weighted by Gasteiger charge is -2.23. The number of para-hydroxylation sites is 1. The van der Waals surface area contributed by atoms with Crippen LogP contribution in [-0.2, 0) is 0 Å². The van der Waals surface area contributed by atoms with Crippen molar-refractivity contribution in [3.8, 4) is 0 Å². The minimum atomic E-state index is -0.0758. The van der Waals surface area contributed by atoms with E-state index >= 15 is 0 Å². The van der Waals surface area contributed by atoms with Crippen molar-refractivity contribution in [2.24, 2.45) is 0 Å². The van der Waals surface area contributed by atoms with Crippen LogP contribution in [0.15, 0.2) is 60.8 Å². The molecule has 4 heterocycles. The van der Waals surface area contributed by atoms with Gasteiger partial charge in [0.25, 0.3) is 5.91 Å². The molecule has 6 nitrogen and oxygen atoms in total. The summed E-state index contributed by atoms with van der Waals surface area (Å²) < 4.78 is 1.96. The first-order valence-corrected chi connectivity index (χ1v) is 8.78. The lowest BCUT2D eigenvalue weighted by molar-refractivity contribution is 0.0723. The van der Waals surface area contributed by atoms with Gasteiger partial charge in [-0.2, -0.15) is 0 Å². The van der Waals surface area contributed by atoms with E-state index in [1.807, 2.05) is 70.1 Å². The van der Waals surface area contributed by atoms with Crippen LogP contribution in [-0.4, -0.2) is 36.9 Å². The lowest BCUT2D eigenvalue weighted by Crippen LogP contribution is -2.32. The first-order chi connectivity index (χ1) is 12.8. The minimum Gasteiger partial charge on any atom is -0.327 e. The van der Waals surface area contributed by atoms with E-state index < -0.39 is 0 Å². The number of aromatic nitrogens is 4. The standard InChI is InChI=1S/C20H17N5O/c26-20(16-11-10-14-6-1-2-7-15(14)21-16)24-13-5-8-17(24)19-23-22-18-9-3-4-12-25(18)19/h1-4,6-7,9-12,17H,5,8,13H2/t17-/m0/s1. The average Bonchev–Trinajstić information content (AvgIpc) is 3.33. The van der Waals surface area contributed by atoms with Crippen LogP contribution < -0.4 is 0 Å². The van der Waals surface area contributed by atoms with Crippen LogP contribution in [0.25, 0.3) is 16.6 Å². The first kappa shape index (κ1) is 15.0. The van der Waals surface area contributed by atoms with Crippen molar-refractivity contribution in [2.45, 2.75) is 18.9 Å². The second-order valence-electron chi connectivity index (χ2n) is 6.53. The number of rotatable bonds is 2. The Hall–Kier alpha value is -3.28. The van der Waals surface area contributed by atoms with E-state index in [0.717, 1.165) is 35.2 Å². The number of likely N-dealkylation sites (tertiary alicyclic amines) is 1. The van der Waals surface area contributed by atoms with E-state index in [-0.39, 0.29) is 11.9 Å². The number of nitrogens with zero attached hydrogens (tertiary/aromatic N) is 5. The van der Waals surface area contributed by atoms with Crippen molar-refractivity contribution in [1.82, 2.24) is 24.5 Å². The highest BCUT2D eigenvalue weighted by Gasteiger charge is 2.34. The Morgan fingerprint density at radius 3 is 2.85 bits per heavy atom. The van der Waals surface area contributed by atoms with Crippen molar-refractivity contribution >= 4 is 22.5 Å². The molecule has 0 unspecified atom stereocenters. The topological polar surface area (TPSA) is 63.4 Å². The molecule has 1 aromatic carbocycles. The number of pyridine rings is 2. The zero-order valence-corrected chi connectivity index (χ0v) is 14.1. The van der Waals surface area contributed by atoms with Gasteiger partial charge in [0.05, 0.1) is 11.6 Å². The highest BCUT2D eigenvalue weighted by molar-refractivity contribution is 5.95.